The molecule has 0 amide bonds. The lowest BCUT2D eigenvalue weighted by Gasteiger charge is -1.97. The molecule has 108 valence electrons. The highest BCUT2D eigenvalue weighted by molar-refractivity contribution is 9.10. The van der Waals surface area contributed by atoms with E-state index in [1.165, 1.54) is 12.1 Å². The average Bonchev–Trinajstić information content (AvgIpc) is 3.00. The molecule has 0 spiro atoms. The molecular weight excluding hydrogens is 348 g/mol. The van der Waals surface area contributed by atoms with Gasteiger partial charge in [-0.25, -0.2) is 0 Å². The van der Waals surface area contributed by atoms with Gasteiger partial charge in [-0.1, -0.05) is 15.9 Å². The van der Waals surface area contributed by atoms with Crippen LogP contribution in [-0.2, 0) is 0 Å². The fourth-order valence-electron chi connectivity index (χ4n) is 2.41. The van der Waals surface area contributed by atoms with Crippen LogP contribution in [0.2, 0.25) is 0 Å². The third-order valence-electron chi connectivity index (χ3n) is 3.42. The molecular formula is C17H9BrO4. The van der Waals surface area contributed by atoms with Crippen molar-refractivity contribution in [3.05, 3.63) is 64.0 Å². The molecule has 2 heterocycles. The third-order valence-corrected chi connectivity index (χ3v) is 3.92. The molecule has 0 aliphatic carbocycles. The van der Waals surface area contributed by atoms with Gasteiger partial charge >= 0.3 is 0 Å². The zero-order valence-corrected chi connectivity index (χ0v) is 12.8. The van der Waals surface area contributed by atoms with E-state index in [0.29, 0.717) is 17.1 Å². The summed E-state index contributed by atoms with van der Waals surface area (Å²) in [5.74, 6) is 0.903. The zero-order chi connectivity index (χ0) is 15.3. The van der Waals surface area contributed by atoms with Gasteiger partial charge in [0.1, 0.15) is 22.8 Å². The van der Waals surface area contributed by atoms with Crippen LogP contribution in [0.1, 0.15) is 16.1 Å². The molecule has 0 saturated carbocycles. The fraction of sp³-hybridized carbons (Fsp3) is 0. The highest BCUT2D eigenvalue weighted by atomic mass is 79.9. The number of aromatic hydroxyl groups is 1. The van der Waals surface area contributed by atoms with Crippen molar-refractivity contribution in [2.45, 2.75) is 0 Å². The van der Waals surface area contributed by atoms with E-state index in [-0.39, 0.29) is 17.3 Å². The molecule has 3 aromatic rings. The van der Waals surface area contributed by atoms with Crippen LogP contribution in [0.25, 0.3) is 17.0 Å². The molecule has 0 bridgehead atoms. The Morgan fingerprint density at radius 2 is 1.95 bits per heavy atom. The molecule has 2 aromatic carbocycles. The molecule has 0 fully saturated rings. The Morgan fingerprint density at radius 3 is 2.82 bits per heavy atom. The van der Waals surface area contributed by atoms with Gasteiger partial charge in [-0.05, 0) is 36.4 Å². The quantitative estimate of drug-likeness (QED) is 0.651. The summed E-state index contributed by atoms with van der Waals surface area (Å²) in [5.41, 5.74) is 1.17. The summed E-state index contributed by atoms with van der Waals surface area (Å²) >= 11 is 3.41. The monoisotopic (exact) mass is 356 g/mol. The van der Waals surface area contributed by atoms with Gasteiger partial charge < -0.3 is 14.3 Å². The molecule has 1 N–H and O–H groups in total. The lowest BCUT2D eigenvalue weighted by molar-refractivity contribution is 0.101. The van der Waals surface area contributed by atoms with E-state index in [9.17, 15) is 9.90 Å². The number of halogens is 1. The first kappa shape index (κ1) is 13.2. The number of carbonyl (C=O) groups excluding carboxylic acids is 1. The summed E-state index contributed by atoms with van der Waals surface area (Å²) in [6, 6.07) is 11.9. The summed E-state index contributed by atoms with van der Waals surface area (Å²) in [6.45, 7) is 0. The second-order valence-electron chi connectivity index (χ2n) is 4.95. The number of ether oxygens (including phenoxy) is 1. The van der Waals surface area contributed by atoms with Crippen LogP contribution >= 0.6 is 15.9 Å². The van der Waals surface area contributed by atoms with Gasteiger partial charge in [0.15, 0.2) is 5.76 Å². The number of benzene rings is 2. The number of hydrogen-bond acceptors (Lipinski definition) is 4. The highest BCUT2D eigenvalue weighted by Crippen LogP contribution is 2.35. The van der Waals surface area contributed by atoms with Crippen molar-refractivity contribution in [2.24, 2.45) is 0 Å². The SMILES string of the molecule is O=C1C(=Cc2cc3cc(Br)ccc3o2)Oc2cc(O)ccc21. The number of furan rings is 1. The molecule has 0 radical (unpaired) electrons. The molecule has 0 atom stereocenters. The second-order valence-corrected chi connectivity index (χ2v) is 5.87. The minimum absolute atomic E-state index is 0.0568. The number of hydrogen-bond donors (Lipinski definition) is 1. The Labute approximate surface area is 133 Å². The van der Waals surface area contributed by atoms with Crippen molar-refractivity contribution in [1.29, 1.82) is 0 Å². The van der Waals surface area contributed by atoms with Gasteiger partial charge in [0, 0.05) is 22.0 Å². The standard InChI is InChI=1S/C17H9BrO4/c18-10-1-4-14-9(5-10)6-12(21-14)8-16-17(20)13-3-2-11(19)7-15(13)22-16/h1-8,19H. The van der Waals surface area contributed by atoms with Crippen molar-refractivity contribution in [1.82, 2.24) is 0 Å². The number of phenols is 1. The van der Waals surface area contributed by atoms with Crippen LogP contribution < -0.4 is 4.74 Å². The molecule has 4 nitrogen and oxygen atoms in total. The minimum atomic E-state index is -0.225. The Kier molecular flexibility index (Phi) is 2.84. The Balaban J connectivity index is 1.75. The first-order valence-electron chi connectivity index (χ1n) is 6.56. The third kappa shape index (κ3) is 2.10. The van der Waals surface area contributed by atoms with Gasteiger partial charge in [-0.3, -0.25) is 4.79 Å². The van der Waals surface area contributed by atoms with Crippen molar-refractivity contribution >= 4 is 38.8 Å². The molecule has 1 aliphatic heterocycles. The van der Waals surface area contributed by atoms with Crippen LogP contribution in [-0.4, -0.2) is 10.9 Å². The Hall–Kier alpha value is -2.53. The first-order chi connectivity index (χ1) is 10.6. The lowest BCUT2D eigenvalue weighted by Crippen LogP contribution is -1.97. The van der Waals surface area contributed by atoms with Crippen molar-refractivity contribution in [3.63, 3.8) is 0 Å². The molecule has 4 rings (SSSR count). The number of carbonyl (C=O) groups is 1. The molecule has 5 heteroatoms. The summed E-state index contributed by atoms with van der Waals surface area (Å²) in [6.07, 6.45) is 1.56. The minimum Gasteiger partial charge on any atom is -0.508 e. The number of phenolic OH excluding ortho intramolecular Hbond substituents is 1. The second kappa shape index (κ2) is 4.74. The molecule has 1 aliphatic rings. The highest BCUT2D eigenvalue weighted by Gasteiger charge is 2.27. The fourth-order valence-corrected chi connectivity index (χ4v) is 2.79. The summed E-state index contributed by atoms with van der Waals surface area (Å²) < 4.78 is 12.1. The van der Waals surface area contributed by atoms with Crippen LogP contribution in [0.4, 0.5) is 0 Å². The Morgan fingerprint density at radius 1 is 1.09 bits per heavy atom. The predicted octanol–water partition coefficient (Wildman–Crippen LogP) is 4.52. The first-order valence-corrected chi connectivity index (χ1v) is 7.36. The summed E-state index contributed by atoms with van der Waals surface area (Å²) in [4.78, 5) is 12.3. The molecule has 22 heavy (non-hydrogen) atoms. The molecule has 1 aromatic heterocycles. The number of fused-ring (bicyclic) bond motifs is 2. The van der Waals surface area contributed by atoms with E-state index >= 15 is 0 Å². The van der Waals surface area contributed by atoms with E-state index in [4.69, 9.17) is 9.15 Å². The van der Waals surface area contributed by atoms with E-state index in [1.807, 2.05) is 24.3 Å². The number of rotatable bonds is 1. The van der Waals surface area contributed by atoms with Gasteiger partial charge in [0.05, 0.1) is 5.56 Å². The van der Waals surface area contributed by atoms with E-state index in [0.717, 1.165) is 15.4 Å². The Bertz CT molecular complexity index is 952. The maximum absolute atomic E-state index is 12.3. The van der Waals surface area contributed by atoms with Crippen molar-refractivity contribution < 1.29 is 19.1 Å². The number of Topliss-reactive ketones (excluding diaryl/α,β-unsaturated/α-hetero) is 1. The normalized spacial score (nSPS) is 15.3. The summed E-state index contributed by atoms with van der Waals surface area (Å²) in [5, 5.41) is 10.4. The molecule has 0 unspecified atom stereocenters. The topological polar surface area (TPSA) is 59.7 Å². The predicted molar refractivity (Wildman–Crippen MR) is 85.0 cm³/mol. The zero-order valence-electron chi connectivity index (χ0n) is 11.2. The maximum Gasteiger partial charge on any atom is 0.232 e. The van der Waals surface area contributed by atoms with Gasteiger partial charge in [-0.15, -0.1) is 0 Å². The smallest absolute Gasteiger partial charge is 0.232 e. The van der Waals surface area contributed by atoms with Gasteiger partial charge in [-0.2, -0.15) is 0 Å². The lowest BCUT2D eigenvalue weighted by atomic mass is 10.1. The number of ketones is 1. The average molecular weight is 357 g/mol. The largest absolute Gasteiger partial charge is 0.508 e. The van der Waals surface area contributed by atoms with Crippen LogP contribution in [0.3, 0.4) is 0 Å². The van der Waals surface area contributed by atoms with Gasteiger partial charge in [0.25, 0.3) is 0 Å². The van der Waals surface area contributed by atoms with Crippen molar-refractivity contribution in [2.75, 3.05) is 0 Å². The van der Waals surface area contributed by atoms with E-state index in [2.05, 4.69) is 15.9 Å². The maximum atomic E-state index is 12.3. The van der Waals surface area contributed by atoms with E-state index < -0.39 is 0 Å². The van der Waals surface area contributed by atoms with Crippen LogP contribution in [0.15, 0.2) is 57.1 Å². The van der Waals surface area contributed by atoms with Crippen molar-refractivity contribution in [3.8, 4) is 11.5 Å². The van der Waals surface area contributed by atoms with E-state index in [1.54, 1.807) is 12.1 Å². The van der Waals surface area contributed by atoms with Gasteiger partial charge in [0.2, 0.25) is 5.78 Å². The number of allylic oxidation sites excluding steroid dienone is 1. The van der Waals surface area contributed by atoms with Crippen LogP contribution in [0, 0.1) is 0 Å². The summed E-state index contributed by atoms with van der Waals surface area (Å²) in [7, 11) is 0. The van der Waals surface area contributed by atoms with Crippen LogP contribution in [0.5, 0.6) is 11.5 Å². The molecule has 0 saturated heterocycles.